The number of carbonyl (C=O) groups is 2. The maximum Gasteiger partial charge on any atom is 0.316 e. The highest BCUT2D eigenvalue weighted by Gasteiger charge is 2.14. The molecule has 0 spiro atoms. The van der Waals surface area contributed by atoms with Crippen LogP contribution in [0.1, 0.15) is 36.1 Å². The van der Waals surface area contributed by atoms with Crippen molar-refractivity contribution in [2.75, 3.05) is 12.4 Å². The van der Waals surface area contributed by atoms with E-state index in [0.29, 0.717) is 0 Å². The summed E-state index contributed by atoms with van der Waals surface area (Å²) >= 11 is 1.42. The largest absolute Gasteiger partial charge is 0.455 e. The summed E-state index contributed by atoms with van der Waals surface area (Å²) in [6.07, 6.45) is 0.770. The monoisotopic (exact) mass is 371 g/mol. The van der Waals surface area contributed by atoms with Crippen LogP contribution in [0, 0.1) is 13.8 Å². The van der Waals surface area contributed by atoms with E-state index in [2.05, 4.69) is 5.32 Å². The summed E-state index contributed by atoms with van der Waals surface area (Å²) in [7, 11) is 0. The van der Waals surface area contributed by atoms with Crippen LogP contribution in [0.3, 0.4) is 0 Å². The van der Waals surface area contributed by atoms with E-state index in [1.807, 2.05) is 69.3 Å². The summed E-state index contributed by atoms with van der Waals surface area (Å²) in [5, 5.41) is 2.92. The van der Waals surface area contributed by atoms with Crippen molar-refractivity contribution in [3.05, 3.63) is 65.2 Å². The molecule has 0 aliphatic carbocycles. The summed E-state index contributed by atoms with van der Waals surface area (Å²) in [6.45, 7) is 5.78. The van der Waals surface area contributed by atoms with Gasteiger partial charge in [-0.15, -0.1) is 11.8 Å². The van der Waals surface area contributed by atoms with Crippen LogP contribution in [0.15, 0.2) is 53.4 Å². The van der Waals surface area contributed by atoms with E-state index < -0.39 is 5.97 Å². The van der Waals surface area contributed by atoms with Crippen molar-refractivity contribution >= 4 is 23.6 Å². The number of benzene rings is 2. The summed E-state index contributed by atoms with van der Waals surface area (Å²) < 4.78 is 5.09. The molecule has 138 valence electrons. The molecular formula is C21H25NO3S. The van der Waals surface area contributed by atoms with Crippen molar-refractivity contribution in [3.8, 4) is 0 Å². The lowest BCUT2D eigenvalue weighted by Gasteiger charge is -2.17. The van der Waals surface area contributed by atoms with Crippen molar-refractivity contribution in [2.45, 2.75) is 38.1 Å². The zero-order valence-electron chi connectivity index (χ0n) is 15.5. The summed E-state index contributed by atoms with van der Waals surface area (Å²) in [5.74, 6) is -0.490. The second-order valence-electron chi connectivity index (χ2n) is 6.15. The minimum Gasteiger partial charge on any atom is -0.455 e. The number of ether oxygens (including phenoxy) is 1. The molecule has 1 N–H and O–H groups in total. The fraction of sp³-hybridized carbons (Fsp3) is 0.333. The molecular weight excluding hydrogens is 346 g/mol. The molecule has 0 saturated carbocycles. The van der Waals surface area contributed by atoms with Gasteiger partial charge >= 0.3 is 5.97 Å². The number of amides is 1. The van der Waals surface area contributed by atoms with Gasteiger partial charge < -0.3 is 10.1 Å². The first-order valence-electron chi connectivity index (χ1n) is 8.69. The van der Waals surface area contributed by atoms with Crippen molar-refractivity contribution in [2.24, 2.45) is 0 Å². The van der Waals surface area contributed by atoms with Gasteiger partial charge in [0.15, 0.2) is 6.61 Å². The Labute approximate surface area is 159 Å². The highest BCUT2D eigenvalue weighted by Crippen LogP contribution is 2.21. The molecule has 0 radical (unpaired) electrons. The Balaban J connectivity index is 1.77. The molecule has 2 aromatic rings. The predicted molar refractivity (Wildman–Crippen MR) is 105 cm³/mol. The van der Waals surface area contributed by atoms with Gasteiger partial charge in [0.1, 0.15) is 0 Å². The van der Waals surface area contributed by atoms with E-state index in [1.54, 1.807) is 0 Å². The first-order valence-corrected chi connectivity index (χ1v) is 9.68. The van der Waals surface area contributed by atoms with Gasteiger partial charge in [0.2, 0.25) is 0 Å². The zero-order valence-corrected chi connectivity index (χ0v) is 16.3. The van der Waals surface area contributed by atoms with E-state index in [-0.39, 0.29) is 24.3 Å². The Kier molecular flexibility index (Phi) is 7.73. The van der Waals surface area contributed by atoms with Crippen LogP contribution >= 0.6 is 11.8 Å². The molecule has 0 aliphatic heterocycles. The average molecular weight is 372 g/mol. The average Bonchev–Trinajstić information content (AvgIpc) is 2.64. The van der Waals surface area contributed by atoms with Gasteiger partial charge in [-0.05, 0) is 37.5 Å². The molecule has 0 aromatic heterocycles. The quantitative estimate of drug-likeness (QED) is 0.558. The normalized spacial score (nSPS) is 11.7. The molecule has 4 nitrogen and oxygen atoms in total. The number of hydrogen-bond donors (Lipinski definition) is 1. The molecule has 0 saturated heterocycles. The van der Waals surface area contributed by atoms with E-state index in [0.717, 1.165) is 22.4 Å². The Bertz CT molecular complexity index is 743. The molecule has 0 aliphatic rings. The van der Waals surface area contributed by atoms with Gasteiger partial charge in [0.05, 0.1) is 11.8 Å². The van der Waals surface area contributed by atoms with E-state index >= 15 is 0 Å². The first kappa shape index (κ1) is 20.0. The second-order valence-corrected chi connectivity index (χ2v) is 7.17. The zero-order chi connectivity index (χ0) is 18.9. The molecule has 1 atom stereocenters. The van der Waals surface area contributed by atoms with Crippen LogP contribution in [0.2, 0.25) is 0 Å². The number of esters is 1. The lowest BCUT2D eigenvalue weighted by atomic mass is 10.0. The molecule has 5 heteroatoms. The third-order valence-corrected chi connectivity index (χ3v) is 5.18. The van der Waals surface area contributed by atoms with Crippen LogP contribution in [-0.2, 0) is 14.3 Å². The van der Waals surface area contributed by atoms with Crippen LogP contribution in [-0.4, -0.2) is 24.2 Å². The highest BCUT2D eigenvalue weighted by atomic mass is 32.2. The van der Waals surface area contributed by atoms with Crippen molar-refractivity contribution < 1.29 is 14.3 Å². The summed E-state index contributed by atoms with van der Waals surface area (Å²) in [5.41, 5.74) is 3.34. The van der Waals surface area contributed by atoms with Crippen LogP contribution in [0.5, 0.6) is 0 Å². The van der Waals surface area contributed by atoms with Gasteiger partial charge in [0, 0.05) is 4.90 Å². The summed E-state index contributed by atoms with van der Waals surface area (Å²) in [4.78, 5) is 25.0. The molecule has 0 heterocycles. The van der Waals surface area contributed by atoms with Gasteiger partial charge in [-0.3, -0.25) is 9.59 Å². The van der Waals surface area contributed by atoms with E-state index in [9.17, 15) is 9.59 Å². The Morgan fingerprint density at radius 3 is 2.42 bits per heavy atom. The Hall–Kier alpha value is -2.27. The minimum absolute atomic E-state index is 0.0804. The number of nitrogens with one attached hydrogen (secondary N) is 1. The summed E-state index contributed by atoms with van der Waals surface area (Å²) in [6, 6.07) is 15.8. The molecule has 2 rings (SSSR count). The van der Waals surface area contributed by atoms with Crippen molar-refractivity contribution in [3.63, 3.8) is 0 Å². The molecule has 0 unspecified atom stereocenters. The van der Waals surface area contributed by atoms with Gasteiger partial charge in [-0.25, -0.2) is 0 Å². The molecule has 1 amide bonds. The van der Waals surface area contributed by atoms with Crippen molar-refractivity contribution in [1.82, 2.24) is 5.32 Å². The highest BCUT2D eigenvalue weighted by molar-refractivity contribution is 8.00. The van der Waals surface area contributed by atoms with Gasteiger partial charge in [-0.1, -0.05) is 55.0 Å². The first-order chi connectivity index (χ1) is 12.5. The Morgan fingerprint density at radius 1 is 1.08 bits per heavy atom. The third-order valence-electron chi connectivity index (χ3n) is 4.03. The lowest BCUT2D eigenvalue weighted by Crippen LogP contribution is -2.32. The standard InChI is InChI=1S/C21H25NO3S/c1-4-18(17-11-9-15(2)10-12-17)22-20(23)13-25-21(24)14-26-19-8-6-5-7-16(19)3/h5-12,18H,4,13-14H2,1-3H3,(H,22,23)/t18-/m0/s1. The van der Waals surface area contributed by atoms with Crippen molar-refractivity contribution in [1.29, 1.82) is 0 Å². The third kappa shape index (κ3) is 6.23. The lowest BCUT2D eigenvalue weighted by molar-refractivity contribution is -0.146. The van der Waals surface area contributed by atoms with Crippen LogP contribution in [0.25, 0.3) is 0 Å². The molecule has 0 fully saturated rings. The maximum atomic E-state index is 12.1. The fourth-order valence-corrected chi connectivity index (χ4v) is 3.33. The predicted octanol–water partition coefficient (Wildman–Crippen LogP) is 4.21. The molecule has 0 bridgehead atoms. The smallest absolute Gasteiger partial charge is 0.316 e. The number of hydrogen-bond acceptors (Lipinski definition) is 4. The van der Waals surface area contributed by atoms with E-state index in [4.69, 9.17) is 4.74 Å². The molecule has 26 heavy (non-hydrogen) atoms. The number of thioether (sulfide) groups is 1. The topological polar surface area (TPSA) is 55.4 Å². The van der Waals surface area contributed by atoms with E-state index in [1.165, 1.54) is 17.3 Å². The van der Waals surface area contributed by atoms with Gasteiger partial charge in [-0.2, -0.15) is 0 Å². The number of carbonyl (C=O) groups excluding carboxylic acids is 2. The van der Waals surface area contributed by atoms with Crippen LogP contribution < -0.4 is 5.32 Å². The Morgan fingerprint density at radius 2 is 1.77 bits per heavy atom. The molecule has 2 aromatic carbocycles. The van der Waals surface area contributed by atoms with Crippen LogP contribution in [0.4, 0.5) is 0 Å². The fourth-order valence-electron chi connectivity index (χ4n) is 2.50. The number of rotatable bonds is 8. The number of aryl methyl sites for hydroxylation is 2. The maximum absolute atomic E-state index is 12.1. The second kappa shape index (κ2) is 10.0. The SMILES string of the molecule is CC[C@H](NC(=O)COC(=O)CSc1ccccc1C)c1ccc(C)cc1. The van der Waals surface area contributed by atoms with Gasteiger partial charge in [0.25, 0.3) is 5.91 Å². The minimum atomic E-state index is -0.392.